The zero-order valence-electron chi connectivity index (χ0n) is 14.4. The number of hydrogen-bond acceptors (Lipinski definition) is 4. The molecule has 0 aromatic heterocycles. The summed E-state index contributed by atoms with van der Waals surface area (Å²) < 4.78 is 5.26. The number of esters is 1. The minimum Gasteiger partial charge on any atom is -0.452 e. The van der Waals surface area contributed by atoms with Crippen LogP contribution < -0.4 is 5.32 Å². The third-order valence-electron chi connectivity index (χ3n) is 4.46. The molecular formula is C20H23NO3S. The lowest BCUT2D eigenvalue weighted by molar-refractivity contribution is -0.152. The van der Waals surface area contributed by atoms with Crippen molar-refractivity contribution in [2.75, 3.05) is 5.75 Å². The maximum absolute atomic E-state index is 12.1. The van der Waals surface area contributed by atoms with Crippen molar-refractivity contribution >= 4 is 34.4 Å². The molecule has 1 saturated carbocycles. The molecule has 0 aliphatic heterocycles. The molecule has 1 N–H and O–H groups in total. The SMILES string of the molecule is CC(OC(=O)CSc1ccc2ccccc2c1)C(=O)NC1CCCC1. The van der Waals surface area contributed by atoms with Crippen molar-refractivity contribution in [1.29, 1.82) is 0 Å². The summed E-state index contributed by atoms with van der Waals surface area (Å²) in [6.45, 7) is 1.63. The Morgan fingerprint density at radius 3 is 2.64 bits per heavy atom. The van der Waals surface area contributed by atoms with E-state index < -0.39 is 6.10 Å². The lowest BCUT2D eigenvalue weighted by Gasteiger charge is -2.17. The first-order valence-corrected chi connectivity index (χ1v) is 9.72. The minimum absolute atomic E-state index is 0.194. The zero-order valence-corrected chi connectivity index (χ0v) is 15.2. The Morgan fingerprint density at radius 2 is 1.88 bits per heavy atom. The van der Waals surface area contributed by atoms with Gasteiger partial charge in [0.2, 0.25) is 0 Å². The highest BCUT2D eigenvalue weighted by atomic mass is 32.2. The average molecular weight is 357 g/mol. The predicted molar refractivity (Wildman–Crippen MR) is 101 cm³/mol. The van der Waals surface area contributed by atoms with Gasteiger partial charge in [0.05, 0.1) is 5.75 Å². The number of fused-ring (bicyclic) bond motifs is 1. The van der Waals surface area contributed by atoms with Crippen LogP contribution in [0.4, 0.5) is 0 Å². The van der Waals surface area contributed by atoms with Crippen LogP contribution in [0.25, 0.3) is 10.8 Å². The predicted octanol–water partition coefficient (Wildman–Crippen LogP) is 3.92. The van der Waals surface area contributed by atoms with Crippen molar-refractivity contribution in [3.8, 4) is 0 Å². The van der Waals surface area contributed by atoms with E-state index in [-0.39, 0.29) is 23.7 Å². The Hall–Kier alpha value is -2.01. The summed E-state index contributed by atoms with van der Waals surface area (Å²) in [6.07, 6.45) is 3.60. The lowest BCUT2D eigenvalue weighted by atomic mass is 10.1. The summed E-state index contributed by atoms with van der Waals surface area (Å²) in [7, 11) is 0. The molecule has 1 amide bonds. The van der Waals surface area contributed by atoms with Gasteiger partial charge in [-0.05, 0) is 42.7 Å². The number of carbonyl (C=O) groups excluding carboxylic acids is 2. The van der Waals surface area contributed by atoms with Gasteiger partial charge in [-0.15, -0.1) is 11.8 Å². The molecule has 0 radical (unpaired) electrons. The monoisotopic (exact) mass is 357 g/mol. The first kappa shape index (κ1) is 17.8. The fourth-order valence-electron chi connectivity index (χ4n) is 3.07. The van der Waals surface area contributed by atoms with E-state index in [1.54, 1.807) is 6.92 Å². The molecule has 0 saturated heterocycles. The molecule has 0 heterocycles. The van der Waals surface area contributed by atoms with E-state index in [1.807, 2.05) is 30.3 Å². The molecule has 0 spiro atoms. The van der Waals surface area contributed by atoms with Crippen molar-refractivity contribution in [2.45, 2.75) is 49.6 Å². The normalized spacial score (nSPS) is 15.9. The molecule has 1 fully saturated rings. The van der Waals surface area contributed by atoms with E-state index in [9.17, 15) is 9.59 Å². The van der Waals surface area contributed by atoms with Crippen molar-refractivity contribution in [3.63, 3.8) is 0 Å². The molecule has 1 aliphatic rings. The van der Waals surface area contributed by atoms with Gasteiger partial charge in [-0.3, -0.25) is 9.59 Å². The van der Waals surface area contributed by atoms with Gasteiger partial charge < -0.3 is 10.1 Å². The van der Waals surface area contributed by atoms with Crippen LogP contribution in [-0.2, 0) is 14.3 Å². The smallest absolute Gasteiger partial charge is 0.317 e. The highest BCUT2D eigenvalue weighted by Crippen LogP contribution is 2.24. The van der Waals surface area contributed by atoms with Gasteiger partial charge in [-0.25, -0.2) is 0 Å². The van der Waals surface area contributed by atoms with Crippen LogP contribution in [0.2, 0.25) is 0 Å². The van der Waals surface area contributed by atoms with Crippen molar-refractivity contribution in [3.05, 3.63) is 42.5 Å². The molecule has 0 bridgehead atoms. The first-order valence-electron chi connectivity index (χ1n) is 8.73. The molecule has 25 heavy (non-hydrogen) atoms. The second-order valence-electron chi connectivity index (χ2n) is 6.42. The molecule has 4 nitrogen and oxygen atoms in total. The van der Waals surface area contributed by atoms with Gasteiger partial charge in [0.15, 0.2) is 6.10 Å². The molecule has 1 atom stereocenters. The average Bonchev–Trinajstić information content (AvgIpc) is 3.12. The van der Waals surface area contributed by atoms with E-state index in [0.29, 0.717) is 0 Å². The number of rotatable bonds is 6. The molecule has 2 aromatic carbocycles. The Balaban J connectivity index is 1.47. The topological polar surface area (TPSA) is 55.4 Å². The molecule has 1 unspecified atom stereocenters. The largest absolute Gasteiger partial charge is 0.452 e. The van der Waals surface area contributed by atoms with E-state index in [2.05, 4.69) is 17.4 Å². The van der Waals surface area contributed by atoms with Crippen LogP contribution in [0.1, 0.15) is 32.6 Å². The number of benzene rings is 2. The molecule has 1 aliphatic carbocycles. The number of carbonyl (C=O) groups is 2. The molecule has 132 valence electrons. The summed E-state index contributed by atoms with van der Waals surface area (Å²) in [5.41, 5.74) is 0. The molecule has 5 heteroatoms. The summed E-state index contributed by atoms with van der Waals surface area (Å²) >= 11 is 1.42. The van der Waals surface area contributed by atoms with Crippen LogP contribution in [0.5, 0.6) is 0 Å². The Bertz CT molecular complexity index is 755. The maximum atomic E-state index is 12.1. The lowest BCUT2D eigenvalue weighted by Crippen LogP contribution is -2.41. The highest BCUT2D eigenvalue weighted by molar-refractivity contribution is 8.00. The molecule has 2 aromatic rings. The third kappa shape index (κ3) is 4.98. The minimum atomic E-state index is -0.745. The Kier molecular flexibility index (Phi) is 5.97. The van der Waals surface area contributed by atoms with Crippen LogP contribution >= 0.6 is 11.8 Å². The maximum Gasteiger partial charge on any atom is 0.317 e. The van der Waals surface area contributed by atoms with E-state index in [4.69, 9.17) is 4.74 Å². The second-order valence-corrected chi connectivity index (χ2v) is 7.47. The summed E-state index contributed by atoms with van der Waals surface area (Å²) in [4.78, 5) is 25.1. The van der Waals surface area contributed by atoms with Crippen LogP contribution in [0.3, 0.4) is 0 Å². The molecular weight excluding hydrogens is 334 g/mol. The van der Waals surface area contributed by atoms with Crippen LogP contribution in [0, 0.1) is 0 Å². The van der Waals surface area contributed by atoms with Crippen LogP contribution in [0.15, 0.2) is 47.4 Å². The van der Waals surface area contributed by atoms with Crippen molar-refractivity contribution in [1.82, 2.24) is 5.32 Å². The van der Waals surface area contributed by atoms with Gasteiger partial charge in [0.1, 0.15) is 0 Å². The van der Waals surface area contributed by atoms with E-state index in [0.717, 1.165) is 36.0 Å². The zero-order chi connectivity index (χ0) is 17.6. The standard InChI is InChI=1S/C20H23NO3S/c1-14(20(23)21-17-8-4-5-9-17)24-19(22)13-25-18-11-10-15-6-2-3-7-16(15)12-18/h2-3,6-7,10-12,14,17H,4-5,8-9,13H2,1H3,(H,21,23). The summed E-state index contributed by atoms with van der Waals surface area (Å²) in [6, 6.07) is 14.4. The number of ether oxygens (including phenoxy) is 1. The number of hydrogen-bond donors (Lipinski definition) is 1. The quantitative estimate of drug-likeness (QED) is 0.629. The van der Waals surface area contributed by atoms with Crippen LogP contribution in [-0.4, -0.2) is 29.8 Å². The number of nitrogens with one attached hydrogen (secondary N) is 1. The van der Waals surface area contributed by atoms with Gasteiger partial charge in [-0.2, -0.15) is 0 Å². The number of thioether (sulfide) groups is 1. The highest BCUT2D eigenvalue weighted by Gasteiger charge is 2.23. The Labute approximate surface area is 152 Å². The summed E-state index contributed by atoms with van der Waals surface area (Å²) in [5, 5.41) is 5.27. The second kappa shape index (κ2) is 8.39. The van der Waals surface area contributed by atoms with Gasteiger partial charge >= 0.3 is 5.97 Å². The van der Waals surface area contributed by atoms with Crippen molar-refractivity contribution in [2.24, 2.45) is 0 Å². The third-order valence-corrected chi connectivity index (χ3v) is 5.42. The fourth-order valence-corrected chi connectivity index (χ4v) is 3.80. The number of amides is 1. The fraction of sp³-hybridized carbons (Fsp3) is 0.400. The summed E-state index contributed by atoms with van der Waals surface area (Å²) in [5.74, 6) is -0.373. The van der Waals surface area contributed by atoms with E-state index >= 15 is 0 Å². The first-order chi connectivity index (χ1) is 12.1. The van der Waals surface area contributed by atoms with Crippen molar-refractivity contribution < 1.29 is 14.3 Å². The Morgan fingerprint density at radius 1 is 1.16 bits per heavy atom. The van der Waals surface area contributed by atoms with E-state index in [1.165, 1.54) is 17.1 Å². The van der Waals surface area contributed by atoms with Gasteiger partial charge in [0, 0.05) is 10.9 Å². The van der Waals surface area contributed by atoms with Gasteiger partial charge in [0.25, 0.3) is 5.91 Å². The van der Waals surface area contributed by atoms with Gasteiger partial charge in [-0.1, -0.05) is 43.2 Å². The molecule has 3 rings (SSSR count).